The number of aliphatic imine (C=N–C) groups is 1. The van der Waals surface area contributed by atoms with Gasteiger partial charge in [-0.1, -0.05) is 78.1 Å². The van der Waals surface area contributed by atoms with E-state index in [1.807, 2.05) is 6.92 Å². The molecule has 28 heavy (non-hydrogen) atoms. The highest BCUT2D eigenvalue weighted by Gasteiger charge is 2.22. The summed E-state index contributed by atoms with van der Waals surface area (Å²) in [6.07, 6.45) is 13.6. The number of hydrogen-bond donors (Lipinski definition) is 2. The van der Waals surface area contributed by atoms with Crippen molar-refractivity contribution in [2.75, 3.05) is 19.8 Å². The summed E-state index contributed by atoms with van der Waals surface area (Å²) in [7, 11) is -4.21. The lowest BCUT2D eigenvalue weighted by Crippen LogP contribution is -2.23. The first kappa shape index (κ1) is 27.5. The van der Waals surface area contributed by atoms with Crippen molar-refractivity contribution < 1.29 is 28.7 Å². The van der Waals surface area contributed by atoms with Gasteiger partial charge in [-0.3, -0.25) is 14.0 Å². The van der Waals surface area contributed by atoms with E-state index in [1.54, 1.807) is 0 Å². The van der Waals surface area contributed by atoms with Crippen molar-refractivity contribution in [2.24, 2.45) is 4.99 Å². The van der Waals surface area contributed by atoms with Gasteiger partial charge in [-0.05, 0) is 25.2 Å². The molecule has 0 rings (SSSR count). The van der Waals surface area contributed by atoms with Crippen molar-refractivity contribution >= 4 is 13.7 Å². The summed E-state index contributed by atoms with van der Waals surface area (Å²) in [5.74, 6) is -0.170. The zero-order valence-corrected chi connectivity index (χ0v) is 18.7. The average Bonchev–Trinajstić information content (AvgIpc) is 2.67. The highest BCUT2D eigenvalue weighted by Crippen LogP contribution is 2.43. The van der Waals surface area contributed by atoms with Gasteiger partial charge in [0.15, 0.2) is 0 Å². The molecule has 2 N–H and O–H groups in total. The van der Waals surface area contributed by atoms with Gasteiger partial charge >= 0.3 is 7.82 Å². The smallest absolute Gasteiger partial charge is 0.472 e. The van der Waals surface area contributed by atoms with Crippen molar-refractivity contribution in [3.63, 3.8) is 0 Å². The molecular weight excluding hydrogens is 381 g/mol. The van der Waals surface area contributed by atoms with Crippen LogP contribution in [-0.2, 0) is 13.6 Å². The SMILES string of the molecule is CCCCCCCCCCCC([O-])=N[C@H](CCCC)COP(=O)(O)OCCO. The Kier molecular flexibility index (Phi) is 18.3. The van der Waals surface area contributed by atoms with Gasteiger partial charge in [0.05, 0.1) is 25.9 Å². The van der Waals surface area contributed by atoms with Gasteiger partial charge < -0.3 is 15.1 Å². The fourth-order valence-corrected chi connectivity index (χ4v) is 3.60. The Morgan fingerprint density at radius 2 is 1.54 bits per heavy atom. The molecule has 0 bridgehead atoms. The van der Waals surface area contributed by atoms with Crippen molar-refractivity contribution in [1.82, 2.24) is 0 Å². The van der Waals surface area contributed by atoms with Crippen LogP contribution in [0.15, 0.2) is 4.99 Å². The maximum Gasteiger partial charge on any atom is 0.472 e. The molecule has 0 aromatic heterocycles. The lowest BCUT2D eigenvalue weighted by molar-refractivity contribution is -0.219. The standard InChI is InChI=1S/C20H42NO6P/c1-3-5-7-8-9-10-11-12-13-15-20(23)21-19(14-6-4-2)18-27-28(24,25)26-17-16-22/h19,22H,3-18H2,1-2H3,(H,21,23)(H,24,25)/p-1/t19-/m1/s1. The Labute approximate surface area is 171 Å². The maximum atomic E-state index is 12.1. The monoisotopic (exact) mass is 422 g/mol. The number of hydrogen-bond acceptors (Lipinski definition) is 6. The molecule has 1 unspecified atom stereocenters. The molecule has 0 heterocycles. The molecule has 7 nitrogen and oxygen atoms in total. The van der Waals surface area contributed by atoms with Crippen LogP contribution in [-0.4, -0.2) is 41.8 Å². The molecule has 168 valence electrons. The molecule has 8 heteroatoms. The van der Waals surface area contributed by atoms with Crippen LogP contribution in [0.1, 0.15) is 97.3 Å². The third-order valence-corrected chi connectivity index (χ3v) is 5.47. The number of unbranched alkanes of at least 4 members (excludes halogenated alkanes) is 9. The van der Waals surface area contributed by atoms with E-state index in [9.17, 15) is 14.6 Å². The highest BCUT2D eigenvalue weighted by molar-refractivity contribution is 7.47. The summed E-state index contributed by atoms with van der Waals surface area (Å²) in [5.41, 5.74) is 0. The van der Waals surface area contributed by atoms with E-state index in [2.05, 4.69) is 16.4 Å². The zero-order valence-electron chi connectivity index (χ0n) is 17.8. The number of nitrogens with zero attached hydrogens (tertiary/aromatic N) is 1. The summed E-state index contributed by atoms with van der Waals surface area (Å²) >= 11 is 0. The Hall–Kier alpha value is -0.460. The number of rotatable bonds is 20. The first-order valence-corrected chi connectivity index (χ1v) is 12.4. The fourth-order valence-electron chi connectivity index (χ4n) is 2.85. The van der Waals surface area contributed by atoms with Gasteiger partial charge in [0.25, 0.3) is 0 Å². The van der Waals surface area contributed by atoms with Crippen LogP contribution in [0.3, 0.4) is 0 Å². The molecule has 0 aliphatic carbocycles. The minimum Gasteiger partial charge on any atom is -0.862 e. The van der Waals surface area contributed by atoms with E-state index >= 15 is 0 Å². The summed E-state index contributed by atoms with van der Waals surface area (Å²) in [6, 6.07) is -0.441. The molecule has 0 aromatic rings. The predicted octanol–water partition coefficient (Wildman–Crippen LogP) is 4.35. The Morgan fingerprint density at radius 3 is 2.11 bits per heavy atom. The predicted molar refractivity (Wildman–Crippen MR) is 111 cm³/mol. The van der Waals surface area contributed by atoms with Gasteiger partial charge in [0.2, 0.25) is 0 Å². The molecule has 0 fully saturated rings. The Bertz CT molecular complexity index is 433. The summed E-state index contributed by atoms with van der Waals surface area (Å²) < 4.78 is 21.2. The number of aliphatic hydroxyl groups excluding tert-OH is 1. The second-order valence-corrected chi connectivity index (χ2v) is 8.67. The first-order valence-electron chi connectivity index (χ1n) is 10.9. The molecular formula is C20H41NO6P-. The second-order valence-electron chi connectivity index (χ2n) is 7.22. The molecule has 0 radical (unpaired) electrons. The molecule has 2 atom stereocenters. The number of phosphoric ester groups is 1. The molecule has 0 aliphatic heterocycles. The minimum atomic E-state index is -4.21. The van der Waals surface area contributed by atoms with Crippen LogP contribution < -0.4 is 5.11 Å². The van der Waals surface area contributed by atoms with Crippen molar-refractivity contribution in [3.8, 4) is 0 Å². The third kappa shape index (κ3) is 17.6. The largest absolute Gasteiger partial charge is 0.862 e. The van der Waals surface area contributed by atoms with Crippen LogP contribution in [0.2, 0.25) is 0 Å². The van der Waals surface area contributed by atoms with E-state index in [4.69, 9.17) is 9.63 Å². The minimum absolute atomic E-state index is 0.136. The Morgan fingerprint density at radius 1 is 0.964 bits per heavy atom. The highest BCUT2D eigenvalue weighted by atomic mass is 31.2. The topological polar surface area (TPSA) is 111 Å². The third-order valence-electron chi connectivity index (χ3n) is 4.49. The molecule has 0 amide bonds. The van der Waals surface area contributed by atoms with Gasteiger partial charge in [0.1, 0.15) is 0 Å². The van der Waals surface area contributed by atoms with E-state index in [1.165, 1.54) is 38.5 Å². The van der Waals surface area contributed by atoms with Gasteiger partial charge in [0, 0.05) is 0 Å². The van der Waals surface area contributed by atoms with E-state index < -0.39 is 13.9 Å². The van der Waals surface area contributed by atoms with Crippen LogP contribution in [0.5, 0.6) is 0 Å². The van der Waals surface area contributed by atoms with Crippen molar-refractivity contribution in [1.29, 1.82) is 0 Å². The number of phosphoric acid groups is 1. The second kappa shape index (κ2) is 18.6. The molecule has 0 aromatic carbocycles. The summed E-state index contributed by atoms with van der Waals surface area (Å²) in [6.45, 7) is 3.47. The molecule has 0 spiro atoms. The van der Waals surface area contributed by atoms with Gasteiger partial charge in [-0.25, -0.2) is 4.57 Å². The van der Waals surface area contributed by atoms with Crippen molar-refractivity contribution in [2.45, 2.75) is 103 Å². The fraction of sp³-hybridized carbons (Fsp3) is 0.950. The maximum absolute atomic E-state index is 12.1. The van der Waals surface area contributed by atoms with Gasteiger partial charge in [-0.2, -0.15) is 0 Å². The van der Waals surface area contributed by atoms with Gasteiger partial charge in [-0.15, -0.1) is 0 Å². The summed E-state index contributed by atoms with van der Waals surface area (Å²) in [5, 5.41) is 20.8. The van der Waals surface area contributed by atoms with E-state index in [0.29, 0.717) is 12.8 Å². The average molecular weight is 423 g/mol. The first-order chi connectivity index (χ1) is 13.4. The normalized spacial score (nSPS) is 15.5. The van der Waals surface area contributed by atoms with Crippen LogP contribution in [0, 0.1) is 0 Å². The Balaban J connectivity index is 4.15. The lowest BCUT2D eigenvalue weighted by Gasteiger charge is -2.19. The molecule has 0 aliphatic rings. The molecule has 0 saturated heterocycles. The number of aliphatic hydroxyl groups is 1. The van der Waals surface area contributed by atoms with E-state index in [-0.39, 0.29) is 25.7 Å². The lowest BCUT2D eigenvalue weighted by atomic mass is 10.1. The summed E-state index contributed by atoms with van der Waals surface area (Å²) in [4.78, 5) is 13.7. The quantitative estimate of drug-likeness (QED) is 0.131. The zero-order chi connectivity index (χ0) is 21.1. The van der Waals surface area contributed by atoms with Crippen LogP contribution >= 0.6 is 7.82 Å². The molecule has 0 saturated carbocycles. The van der Waals surface area contributed by atoms with Crippen LogP contribution in [0.4, 0.5) is 0 Å². The van der Waals surface area contributed by atoms with Crippen LogP contribution in [0.25, 0.3) is 0 Å². The van der Waals surface area contributed by atoms with E-state index in [0.717, 1.165) is 32.1 Å². The van der Waals surface area contributed by atoms with Crippen molar-refractivity contribution in [3.05, 3.63) is 0 Å².